The summed E-state index contributed by atoms with van der Waals surface area (Å²) in [4.78, 5) is 0. The Morgan fingerprint density at radius 1 is 0.935 bits per heavy atom. The molecule has 9 heteroatoms. The number of nitrogens with one attached hydrogen (secondary N) is 1. The quantitative estimate of drug-likeness (QED) is 0.269. The van der Waals surface area contributed by atoms with Gasteiger partial charge in [0.1, 0.15) is 6.61 Å². The second-order valence-corrected chi connectivity index (χ2v) is 9.02. The molecule has 3 aromatic carbocycles. The zero-order valence-electron chi connectivity index (χ0n) is 16.3. The summed E-state index contributed by atoms with van der Waals surface area (Å²) in [7, 11) is 0. The number of phenols is 1. The molecule has 0 amide bonds. The Kier molecular flexibility index (Phi) is 8.48. The van der Waals surface area contributed by atoms with Gasteiger partial charge in [-0.25, -0.2) is 0 Å². The number of aromatic hydroxyl groups is 1. The van der Waals surface area contributed by atoms with Crippen molar-refractivity contribution in [3.05, 3.63) is 78.2 Å². The van der Waals surface area contributed by atoms with Crippen LogP contribution >= 0.6 is 62.3 Å². The van der Waals surface area contributed by atoms with Crippen LogP contribution in [-0.2, 0) is 13.2 Å². The molecule has 0 saturated heterocycles. The summed E-state index contributed by atoms with van der Waals surface area (Å²) in [5, 5.41) is 14.4. The van der Waals surface area contributed by atoms with Crippen LogP contribution in [0.2, 0.25) is 20.1 Å². The molecule has 31 heavy (non-hydrogen) atoms. The van der Waals surface area contributed by atoms with E-state index < -0.39 is 0 Å². The van der Waals surface area contributed by atoms with E-state index in [1.165, 1.54) is 0 Å². The molecule has 0 fully saturated rings. The molecule has 0 unspecified atom stereocenters. The van der Waals surface area contributed by atoms with Gasteiger partial charge in [0, 0.05) is 27.8 Å². The predicted molar refractivity (Wildman–Crippen MR) is 132 cm³/mol. The van der Waals surface area contributed by atoms with Crippen molar-refractivity contribution in [1.29, 1.82) is 0 Å². The van der Waals surface area contributed by atoms with Gasteiger partial charge >= 0.3 is 0 Å². The van der Waals surface area contributed by atoms with Gasteiger partial charge in [-0.3, -0.25) is 0 Å². The molecule has 0 radical (unpaired) electrons. The van der Waals surface area contributed by atoms with Crippen LogP contribution in [0.15, 0.2) is 46.9 Å². The molecule has 0 aliphatic rings. The molecule has 0 aliphatic carbocycles. The molecule has 4 nitrogen and oxygen atoms in total. The lowest BCUT2D eigenvalue weighted by Crippen LogP contribution is -2.04. The van der Waals surface area contributed by atoms with E-state index in [1.807, 2.05) is 25.1 Å². The molecule has 0 aliphatic heterocycles. The monoisotopic (exact) mass is 563 g/mol. The molecule has 0 aromatic heterocycles. The third-order valence-electron chi connectivity index (χ3n) is 4.27. The summed E-state index contributed by atoms with van der Waals surface area (Å²) in [6.45, 7) is 3.11. The van der Waals surface area contributed by atoms with Gasteiger partial charge in [0.2, 0.25) is 0 Å². The minimum absolute atomic E-state index is 0.141. The number of hydrogen-bond donors (Lipinski definition) is 2. The molecule has 0 saturated carbocycles. The maximum atomic E-state index is 9.70. The second-order valence-electron chi connectivity index (χ2n) is 6.50. The van der Waals surface area contributed by atoms with Crippen LogP contribution in [0.4, 0.5) is 5.69 Å². The van der Waals surface area contributed by atoms with E-state index in [4.69, 9.17) is 55.9 Å². The van der Waals surface area contributed by atoms with Crippen LogP contribution in [0.3, 0.4) is 0 Å². The Bertz CT molecular complexity index is 1070. The standard InChI is InChI=1S/C22H18BrCl4NO3/c1-2-30-20-6-12(10-28-15-8-18(26)21(29)19(27)9-15)5-16(23)22(20)31-11-13-3-4-14(24)7-17(13)25/h3-9,28-29H,2,10-11H2,1H3. The lowest BCUT2D eigenvalue weighted by atomic mass is 10.2. The molecule has 0 spiro atoms. The summed E-state index contributed by atoms with van der Waals surface area (Å²) in [5.41, 5.74) is 2.43. The number of anilines is 1. The second kappa shape index (κ2) is 10.9. The highest BCUT2D eigenvalue weighted by molar-refractivity contribution is 9.10. The number of halogens is 5. The van der Waals surface area contributed by atoms with Crippen molar-refractivity contribution in [2.75, 3.05) is 11.9 Å². The maximum absolute atomic E-state index is 9.70. The van der Waals surface area contributed by atoms with Gasteiger partial charge in [-0.1, -0.05) is 52.5 Å². The number of hydrogen-bond acceptors (Lipinski definition) is 4. The Balaban J connectivity index is 1.78. The SMILES string of the molecule is CCOc1cc(CNc2cc(Cl)c(O)c(Cl)c2)cc(Br)c1OCc1ccc(Cl)cc1Cl. The van der Waals surface area contributed by atoms with Crippen LogP contribution in [-0.4, -0.2) is 11.7 Å². The highest BCUT2D eigenvalue weighted by Crippen LogP contribution is 2.39. The first-order valence-corrected chi connectivity index (χ1v) is 11.5. The first-order chi connectivity index (χ1) is 14.8. The molecular weight excluding hydrogens is 548 g/mol. The van der Waals surface area contributed by atoms with Crippen molar-refractivity contribution in [2.24, 2.45) is 0 Å². The number of benzene rings is 3. The normalized spacial score (nSPS) is 10.8. The van der Waals surface area contributed by atoms with E-state index in [1.54, 1.807) is 24.3 Å². The van der Waals surface area contributed by atoms with Gasteiger partial charge in [-0.05, 0) is 64.8 Å². The van der Waals surface area contributed by atoms with Gasteiger partial charge in [-0.2, -0.15) is 0 Å². The van der Waals surface area contributed by atoms with Gasteiger partial charge in [0.15, 0.2) is 17.2 Å². The third-order valence-corrected chi connectivity index (χ3v) is 6.02. The van der Waals surface area contributed by atoms with Crippen LogP contribution in [0.25, 0.3) is 0 Å². The first-order valence-electron chi connectivity index (χ1n) is 9.22. The molecule has 0 atom stereocenters. The minimum Gasteiger partial charge on any atom is -0.505 e. The summed E-state index contributed by atoms with van der Waals surface area (Å²) >= 11 is 27.7. The smallest absolute Gasteiger partial charge is 0.175 e. The Hall–Kier alpha value is -1.50. The highest BCUT2D eigenvalue weighted by atomic mass is 79.9. The topological polar surface area (TPSA) is 50.7 Å². The first kappa shape index (κ1) is 24.1. The van der Waals surface area contributed by atoms with Gasteiger partial charge in [-0.15, -0.1) is 0 Å². The molecule has 3 rings (SSSR count). The molecule has 164 valence electrons. The van der Waals surface area contributed by atoms with E-state index >= 15 is 0 Å². The largest absolute Gasteiger partial charge is 0.505 e. The summed E-state index contributed by atoms with van der Waals surface area (Å²) in [6, 6.07) is 12.3. The summed E-state index contributed by atoms with van der Waals surface area (Å²) in [5.74, 6) is 1.03. The van der Waals surface area contributed by atoms with Gasteiger partial charge in [0.05, 0.1) is 21.1 Å². The number of rotatable bonds is 8. The summed E-state index contributed by atoms with van der Waals surface area (Å²) < 4.78 is 12.5. The Morgan fingerprint density at radius 2 is 1.65 bits per heavy atom. The van der Waals surface area contributed by atoms with Crippen molar-refractivity contribution in [1.82, 2.24) is 0 Å². The van der Waals surface area contributed by atoms with E-state index in [0.717, 1.165) is 15.6 Å². The molecule has 0 heterocycles. The summed E-state index contributed by atoms with van der Waals surface area (Å²) in [6.07, 6.45) is 0. The zero-order chi connectivity index (χ0) is 22.5. The van der Waals surface area contributed by atoms with Crippen LogP contribution in [0.5, 0.6) is 17.2 Å². The van der Waals surface area contributed by atoms with Crippen LogP contribution < -0.4 is 14.8 Å². The maximum Gasteiger partial charge on any atom is 0.175 e. The highest BCUT2D eigenvalue weighted by Gasteiger charge is 2.14. The lowest BCUT2D eigenvalue weighted by Gasteiger charge is -2.17. The van der Waals surface area contributed by atoms with Crippen molar-refractivity contribution < 1.29 is 14.6 Å². The van der Waals surface area contributed by atoms with Crippen LogP contribution in [0, 0.1) is 0 Å². The van der Waals surface area contributed by atoms with Crippen molar-refractivity contribution in [2.45, 2.75) is 20.1 Å². The fourth-order valence-corrected chi connectivity index (χ4v) is 4.34. The predicted octanol–water partition coefficient (Wildman–Crippen LogP) is 8.36. The fraction of sp³-hybridized carbons (Fsp3) is 0.182. The molecule has 0 bridgehead atoms. The third kappa shape index (κ3) is 6.27. The van der Waals surface area contributed by atoms with E-state index in [-0.39, 0.29) is 22.4 Å². The van der Waals surface area contributed by atoms with E-state index in [2.05, 4.69) is 21.2 Å². The van der Waals surface area contributed by atoms with Gasteiger partial charge < -0.3 is 19.9 Å². The lowest BCUT2D eigenvalue weighted by molar-refractivity contribution is 0.267. The number of phenolic OH excluding ortho intramolecular Hbond substituents is 1. The van der Waals surface area contributed by atoms with Crippen molar-refractivity contribution in [3.8, 4) is 17.2 Å². The van der Waals surface area contributed by atoms with E-state index in [0.29, 0.717) is 40.4 Å². The van der Waals surface area contributed by atoms with Crippen molar-refractivity contribution in [3.63, 3.8) is 0 Å². The molecule has 3 aromatic rings. The number of ether oxygens (including phenoxy) is 2. The molecular formula is C22H18BrCl4NO3. The van der Waals surface area contributed by atoms with Gasteiger partial charge in [0.25, 0.3) is 0 Å². The average Bonchev–Trinajstić information content (AvgIpc) is 2.71. The van der Waals surface area contributed by atoms with Crippen molar-refractivity contribution >= 4 is 68.0 Å². The Morgan fingerprint density at radius 3 is 2.29 bits per heavy atom. The zero-order valence-corrected chi connectivity index (χ0v) is 20.9. The van der Waals surface area contributed by atoms with E-state index in [9.17, 15) is 5.11 Å². The minimum atomic E-state index is -0.141. The molecule has 2 N–H and O–H groups in total. The Labute approximate surface area is 209 Å². The fourth-order valence-electron chi connectivity index (χ4n) is 2.79. The average molecular weight is 566 g/mol. The van der Waals surface area contributed by atoms with Crippen LogP contribution in [0.1, 0.15) is 18.1 Å².